The summed E-state index contributed by atoms with van der Waals surface area (Å²) in [6, 6.07) is 18.6. The lowest BCUT2D eigenvalue weighted by atomic mass is 10.1. The number of nitrogens with zero attached hydrogens (tertiary/aromatic N) is 2. The van der Waals surface area contributed by atoms with Gasteiger partial charge in [0.05, 0.1) is 44.0 Å². The van der Waals surface area contributed by atoms with Crippen molar-refractivity contribution in [3.63, 3.8) is 0 Å². The summed E-state index contributed by atoms with van der Waals surface area (Å²) in [5.41, 5.74) is 2.99. The van der Waals surface area contributed by atoms with E-state index in [-0.39, 0.29) is 18.0 Å². The first-order valence-corrected chi connectivity index (χ1v) is 13.6. The Morgan fingerprint density at radius 2 is 1.67 bits per heavy atom. The summed E-state index contributed by atoms with van der Waals surface area (Å²) in [6.45, 7) is 4.28. The molecule has 1 N–H and O–H groups in total. The van der Waals surface area contributed by atoms with Gasteiger partial charge in [0.2, 0.25) is 5.91 Å². The maximum atomic E-state index is 13.8. The van der Waals surface area contributed by atoms with Crippen LogP contribution in [0.4, 0.5) is 5.69 Å². The van der Waals surface area contributed by atoms with E-state index in [0.29, 0.717) is 34.0 Å². The molecule has 0 saturated carbocycles. The second-order valence-corrected chi connectivity index (χ2v) is 10.0. The Balaban J connectivity index is 1.77. The van der Waals surface area contributed by atoms with Crippen LogP contribution in [0.3, 0.4) is 0 Å². The van der Waals surface area contributed by atoms with Crippen molar-refractivity contribution < 1.29 is 19.0 Å². The van der Waals surface area contributed by atoms with Crippen molar-refractivity contribution in [1.82, 2.24) is 9.55 Å². The highest BCUT2D eigenvalue weighted by Gasteiger charge is 2.23. The average molecular weight is 548 g/mol. The van der Waals surface area contributed by atoms with Crippen LogP contribution in [0.1, 0.15) is 31.4 Å². The molecule has 39 heavy (non-hydrogen) atoms. The fourth-order valence-corrected chi connectivity index (χ4v) is 5.30. The second kappa shape index (κ2) is 12.7. The van der Waals surface area contributed by atoms with E-state index in [1.807, 2.05) is 55.5 Å². The molecule has 0 saturated heterocycles. The molecule has 0 unspecified atom stereocenters. The number of thioether (sulfide) groups is 1. The largest absolute Gasteiger partial charge is 0.497 e. The van der Waals surface area contributed by atoms with E-state index < -0.39 is 5.25 Å². The van der Waals surface area contributed by atoms with Crippen LogP contribution in [-0.4, -0.2) is 42.0 Å². The van der Waals surface area contributed by atoms with Crippen molar-refractivity contribution in [3.8, 4) is 17.2 Å². The molecule has 204 valence electrons. The number of hydrogen-bond donors (Lipinski definition) is 1. The second-order valence-electron chi connectivity index (χ2n) is 8.87. The van der Waals surface area contributed by atoms with E-state index >= 15 is 0 Å². The quantitative estimate of drug-likeness (QED) is 0.195. The molecule has 1 aromatic heterocycles. The molecule has 0 fully saturated rings. The van der Waals surface area contributed by atoms with Crippen molar-refractivity contribution in [2.75, 3.05) is 26.6 Å². The molecule has 4 rings (SSSR count). The van der Waals surface area contributed by atoms with Gasteiger partial charge in [-0.3, -0.25) is 14.2 Å². The fraction of sp³-hybridized carbons (Fsp3) is 0.300. The first-order valence-electron chi connectivity index (χ1n) is 12.8. The molecule has 1 amide bonds. The summed E-state index contributed by atoms with van der Waals surface area (Å²) < 4.78 is 17.8. The molecule has 0 aliphatic rings. The molecule has 0 bridgehead atoms. The van der Waals surface area contributed by atoms with Crippen LogP contribution in [-0.2, 0) is 17.8 Å². The molecule has 8 nitrogen and oxygen atoms in total. The third-order valence-electron chi connectivity index (χ3n) is 6.49. The predicted molar refractivity (Wildman–Crippen MR) is 156 cm³/mol. The Morgan fingerprint density at radius 3 is 2.31 bits per heavy atom. The standard InChI is InChI=1S/C30H33N3O5S/c1-6-20-10-8-9-11-23(20)31-28(34)27(7-2)39-30-32-24-17-26(38-5)25(37-4)16-22(24)29(35)33(30)18-19-12-14-21(36-3)15-13-19/h8-17,27H,6-7,18H2,1-5H3,(H,31,34)/t27-/m0/s1. The number of aromatic nitrogens is 2. The molecule has 0 spiro atoms. The maximum absolute atomic E-state index is 13.8. The number of methoxy groups -OCH3 is 3. The van der Waals surface area contributed by atoms with Gasteiger partial charge in [0.1, 0.15) is 5.75 Å². The van der Waals surface area contributed by atoms with Gasteiger partial charge in [0.15, 0.2) is 16.7 Å². The number of hydrogen-bond acceptors (Lipinski definition) is 7. The monoisotopic (exact) mass is 547 g/mol. The van der Waals surface area contributed by atoms with Crippen molar-refractivity contribution >= 4 is 34.3 Å². The van der Waals surface area contributed by atoms with Crippen LogP contribution in [0.15, 0.2) is 70.6 Å². The van der Waals surface area contributed by atoms with E-state index in [0.717, 1.165) is 29.0 Å². The minimum atomic E-state index is -0.471. The molecule has 3 aromatic carbocycles. The number of carbonyl (C=O) groups excluding carboxylic acids is 1. The van der Waals surface area contributed by atoms with Gasteiger partial charge in [-0.25, -0.2) is 4.98 Å². The van der Waals surface area contributed by atoms with Gasteiger partial charge >= 0.3 is 0 Å². The van der Waals surface area contributed by atoms with Gasteiger partial charge < -0.3 is 19.5 Å². The maximum Gasteiger partial charge on any atom is 0.262 e. The number of benzene rings is 3. The molecular weight excluding hydrogens is 514 g/mol. The van der Waals surface area contributed by atoms with E-state index in [1.54, 1.807) is 23.8 Å². The number of anilines is 1. The summed E-state index contributed by atoms with van der Waals surface area (Å²) in [7, 11) is 4.67. The van der Waals surface area contributed by atoms with E-state index in [9.17, 15) is 9.59 Å². The van der Waals surface area contributed by atoms with Crippen LogP contribution < -0.4 is 25.1 Å². The first-order chi connectivity index (χ1) is 18.9. The number of carbonyl (C=O) groups is 1. The van der Waals surface area contributed by atoms with Crippen LogP contribution in [0.5, 0.6) is 17.2 Å². The lowest BCUT2D eigenvalue weighted by molar-refractivity contribution is -0.115. The Morgan fingerprint density at radius 1 is 0.974 bits per heavy atom. The molecular formula is C30H33N3O5S. The van der Waals surface area contributed by atoms with Crippen molar-refractivity contribution in [2.45, 2.75) is 43.6 Å². The number of nitrogens with one attached hydrogen (secondary N) is 1. The summed E-state index contributed by atoms with van der Waals surface area (Å²) in [4.78, 5) is 32.1. The zero-order valence-corrected chi connectivity index (χ0v) is 23.6. The number of rotatable bonds is 11. The van der Waals surface area contributed by atoms with E-state index in [1.165, 1.54) is 26.0 Å². The third kappa shape index (κ3) is 6.20. The van der Waals surface area contributed by atoms with Gasteiger partial charge in [-0.2, -0.15) is 0 Å². The van der Waals surface area contributed by atoms with Gasteiger partial charge in [-0.05, 0) is 48.2 Å². The normalized spacial score (nSPS) is 11.7. The minimum absolute atomic E-state index is 0.138. The number of aryl methyl sites for hydroxylation is 1. The third-order valence-corrected chi connectivity index (χ3v) is 7.85. The fourth-order valence-electron chi connectivity index (χ4n) is 4.28. The van der Waals surface area contributed by atoms with E-state index in [4.69, 9.17) is 19.2 Å². The zero-order chi connectivity index (χ0) is 27.9. The van der Waals surface area contributed by atoms with Crippen LogP contribution in [0.2, 0.25) is 0 Å². The van der Waals surface area contributed by atoms with Crippen molar-refractivity contribution in [3.05, 3.63) is 82.1 Å². The lowest BCUT2D eigenvalue weighted by Crippen LogP contribution is -2.28. The van der Waals surface area contributed by atoms with Crippen LogP contribution in [0, 0.1) is 0 Å². The highest BCUT2D eigenvalue weighted by atomic mass is 32.2. The Kier molecular flexibility index (Phi) is 9.14. The number of ether oxygens (including phenoxy) is 3. The zero-order valence-electron chi connectivity index (χ0n) is 22.8. The van der Waals surface area contributed by atoms with Crippen LogP contribution >= 0.6 is 11.8 Å². The van der Waals surface area contributed by atoms with E-state index in [2.05, 4.69) is 12.2 Å². The highest BCUT2D eigenvalue weighted by molar-refractivity contribution is 8.00. The molecule has 1 atom stereocenters. The number of fused-ring (bicyclic) bond motifs is 1. The summed E-state index contributed by atoms with van der Waals surface area (Å²) in [5.74, 6) is 1.51. The van der Waals surface area contributed by atoms with Gasteiger partial charge in [0, 0.05) is 11.8 Å². The number of para-hydroxylation sites is 1. The molecule has 1 heterocycles. The molecule has 0 aliphatic carbocycles. The molecule has 9 heteroatoms. The van der Waals surface area contributed by atoms with Crippen molar-refractivity contribution in [2.24, 2.45) is 0 Å². The topological polar surface area (TPSA) is 91.7 Å². The van der Waals surface area contributed by atoms with Gasteiger partial charge in [0.25, 0.3) is 5.56 Å². The molecule has 4 aromatic rings. The lowest BCUT2D eigenvalue weighted by Gasteiger charge is -2.19. The van der Waals surface area contributed by atoms with Gasteiger partial charge in [-0.1, -0.05) is 55.9 Å². The Hall–Kier alpha value is -3.98. The molecule has 0 aliphatic heterocycles. The highest BCUT2D eigenvalue weighted by Crippen LogP contribution is 2.33. The Bertz CT molecular complexity index is 1520. The minimum Gasteiger partial charge on any atom is -0.497 e. The smallest absolute Gasteiger partial charge is 0.262 e. The SMILES string of the molecule is CCc1ccccc1NC(=O)[C@H](CC)Sc1nc2cc(OC)c(OC)cc2c(=O)n1Cc1ccc(OC)cc1. The number of amides is 1. The summed E-state index contributed by atoms with van der Waals surface area (Å²) >= 11 is 1.28. The van der Waals surface area contributed by atoms with Gasteiger partial charge in [-0.15, -0.1) is 0 Å². The first kappa shape index (κ1) is 28.0. The molecule has 0 radical (unpaired) electrons. The van der Waals surface area contributed by atoms with Crippen LogP contribution in [0.25, 0.3) is 10.9 Å². The van der Waals surface area contributed by atoms with Crippen molar-refractivity contribution in [1.29, 1.82) is 0 Å². The Labute approximate surface area is 232 Å². The predicted octanol–water partition coefficient (Wildman–Crippen LogP) is 5.54. The summed E-state index contributed by atoms with van der Waals surface area (Å²) in [5, 5.41) is 3.45. The average Bonchev–Trinajstić information content (AvgIpc) is 2.97. The summed E-state index contributed by atoms with van der Waals surface area (Å²) in [6.07, 6.45) is 1.35.